The summed E-state index contributed by atoms with van der Waals surface area (Å²) in [7, 11) is 0. The van der Waals surface area contributed by atoms with Crippen molar-refractivity contribution in [2.75, 3.05) is 11.6 Å². The largest absolute Gasteiger partial charge is 0.329 e. The number of carbonyl (C=O) groups excluding carboxylic acids is 1. The van der Waals surface area contributed by atoms with Crippen LogP contribution in [0.15, 0.2) is 49.8 Å². The van der Waals surface area contributed by atoms with Gasteiger partial charge < -0.3 is 4.90 Å². The van der Waals surface area contributed by atoms with E-state index in [0.717, 1.165) is 5.69 Å². The Hall–Kier alpha value is -2.03. The number of hydrogen-bond donors (Lipinski definition) is 0. The molecular weight excluding hydrogens is 188 g/mol. The molecule has 0 aromatic heterocycles. The van der Waals surface area contributed by atoms with Crippen LogP contribution in [0, 0.1) is 0 Å². The highest BCUT2D eigenvalue weighted by Gasteiger charge is 2.25. The van der Waals surface area contributed by atoms with Gasteiger partial charge in [0.1, 0.15) is 6.67 Å². The number of benzene rings is 1. The molecule has 0 fully saturated rings. The molecule has 1 heterocycles. The Morgan fingerprint density at radius 3 is 2.47 bits per heavy atom. The molecule has 15 heavy (non-hydrogen) atoms. The van der Waals surface area contributed by atoms with Crippen molar-refractivity contribution in [3.05, 3.63) is 55.4 Å². The summed E-state index contributed by atoms with van der Waals surface area (Å²) in [4.78, 5) is 15.4. The van der Waals surface area contributed by atoms with Gasteiger partial charge in [-0.2, -0.15) is 0 Å². The number of rotatable bonds is 2. The van der Waals surface area contributed by atoms with Crippen molar-refractivity contribution in [2.24, 2.45) is 0 Å². The monoisotopic (exact) mass is 200 g/mol. The Kier molecular flexibility index (Phi) is 2.29. The van der Waals surface area contributed by atoms with Gasteiger partial charge in [0.05, 0.1) is 11.3 Å². The fourth-order valence-corrected chi connectivity index (χ4v) is 1.66. The first-order chi connectivity index (χ1) is 7.27. The zero-order chi connectivity index (χ0) is 10.8. The average Bonchev–Trinajstić information content (AvgIpc) is 2.30. The van der Waals surface area contributed by atoms with Gasteiger partial charge in [-0.15, -0.1) is 0 Å². The molecule has 0 unspecified atom stereocenters. The van der Waals surface area contributed by atoms with Crippen LogP contribution >= 0.6 is 0 Å². The normalized spacial score (nSPS) is 14.8. The number of nitrogens with zero attached hydrogens (tertiary/aromatic N) is 2. The van der Waals surface area contributed by atoms with Gasteiger partial charge in [-0.05, 0) is 18.3 Å². The van der Waals surface area contributed by atoms with Crippen LogP contribution in [0.5, 0.6) is 0 Å². The fraction of sp³-hybridized carbons (Fsp3) is 0.0833. The number of hydrogen-bond acceptors (Lipinski definition) is 2. The molecule has 0 N–H and O–H groups in total. The molecule has 0 bridgehead atoms. The summed E-state index contributed by atoms with van der Waals surface area (Å²) in [5, 5.41) is 0. The Bertz CT molecular complexity index is 425. The zero-order valence-corrected chi connectivity index (χ0v) is 8.39. The molecule has 0 radical (unpaired) electrons. The molecule has 1 aliphatic rings. The molecule has 1 aliphatic heterocycles. The predicted molar refractivity (Wildman–Crippen MR) is 60.4 cm³/mol. The minimum atomic E-state index is -0.0151. The molecule has 3 heteroatoms. The van der Waals surface area contributed by atoms with E-state index in [9.17, 15) is 4.79 Å². The Balaban J connectivity index is 2.53. The second-order valence-electron chi connectivity index (χ2n) is 3.27. The van der Waals surface area contributed by atoms with Crippen LogP contribution in [0.4, 0.5) is 5.69 Å². The summed E-state index contributed by atoms with van der Waals surface area (Å²) in [6.07, 6.45) is 3.25. The van der Waals surface area contributed by atoms with Crippen molar-refractivity contribution in [3.8, 4) is 0 Å². The molecule has 3 nitrogen and oxygen atoms in total. The molecule has 0 saturated carbocycles. The van der Waals surface area contributed by atoms with Gasteiger partial charge in [0.25, 0.3) is 5.91 Å². The number of fused-ring (bicyclic) bond motifs is 1. The van der Waals surface area contributed by atoms with Crippen LogP contribution in [-0.4, -0.2) is 17.5 Å². The van der Waals surface area contributed by atoms with E-state index in [4.69, 9.17) is 0 Å². The average molecular weight is 200 g/mol. The minimum absolute atomic E-state index is 0.0151. The Morgan fingerprint density at radius 1 is 1.13 bits per heavy atom. The lowest BCUT2D eigenvalue weighted by Gasteiger charge is -2.33. The van der Waals surface area contributed by atoms with Crippen LogP contribution in [-0.2, 0) is 0 Å². The Morgan fingerprint density at radius 2 is 1.80 bits per heavy atom. The lowest BCUT2D eigenvalue weighted by molar-refractivity contribution is 0.0815. The lowest BCUT2D eigenvalue weighted by Crippen LogP contribution is -2.41. The Labute approximate surface area is 88.9 Å². The van der Waals surface area contributed by atoms with Gasteiger partial charge in [0, 0.05) is 6.20 Å². The van der Waals surface area contributed by atoms with Crippen molar-refractivity contribution < 1.29 is 4.79 Å². The van der Waals surface area contributed by atoms with E-state index in [2.05, 4.69) is 13.2 Å². The maximum absolute atomic E-state index is 11.9. The SMILES string of the molecule is C=CN1CN(C=C)c2ccccc2C1=O. The van der Waals surface area contributed by atoms with Gasteiger partial charge >= 0.3 is 0 Å². The van der Waals surface area contributed by atoms with Crippen molar-refractivity contribution in [3.63, 3.8) is 0 Å². The summed E-state index contributed by atoms with van der Waals surface area (Å²) >= 11 is 0. The van der Waals surface area contributed by atoms with Gasteiger partial charge in [0.2, 0.25) is 0 Å². The molecule has 76 valence electrons. The van der Waals surface area contributed by atoms with Crippen LogP contribution in [0.25, 0.3) is 0 Å². The molecule has 0 saturated heterocycles. The quantitative estimate of drug-likeness (QED) is 0.730. The van der Waals surface area contributed by atoms with E-state index in [-0.39, 0.29) is 5.91 Å². The summed E-state index contributed by atoms with van der Waals surface area (Å²) < 4.78 is 0. The molecule has 1 aromatic carbocycles. The first kappa shape index (κ1) is 9.52. The highest BCUT2D eigenvalue weighted by atomic mass is 16.2. The molecule has 2 rings (SSSR count). The van der Waals surface area contributed by atoms with Crippen LogP contribution < -0.4 is 4.90 Å². The van der Waals surface area contributed by atoms with Gasteiger partial charge in [0.15, 0.2) is 0 Å². The van der Waals surface area contributed by atoms with Crippen molar-refractivity contribution in [1.29, 1.82) is 0 Å². The number of para-hydroxylation sites is 1. The first-order valence-corrected chi connectivity index (χ1v) is 4.69. The van der Waals surface area contributed by atoms with Crippen LogP contribution in [0.2, 0.25) is 0 Å². The summed E-state index contributed by atoms with van der Waals surface area (Å²) in [5.74, 6) is -0.0151. The predicted octanol–water partition coefficient (Wildman–Crippen LogP) is 2.19. The number of carbonyl (C=O) groups is 1. The van der Waals surface area contributed by atoms with E-state index in [1.807, 2.05) is 29.2 Å². The molecule has 1 aromatic rings. The molecule has 0 spiro atoms. The summed E-state index contributed by atoms with van der Waals surface area (Å²) in [6, 6.07) is 7.48. The smallest absolute Gasteiger partial charge is 0.261 e. The molecular formula is C12H12N2O. The van der Waals surface area contributed by atoms with E-state index < -0.39 is 0 Å². The highest BCUT2D eigenvalue weighted by molar-refractivity contribution is 6.02. The minimum Gasteiger partial charge on any atom is -0.329 e. The molecule has 0 atom stereocenters. The maximum Gasteiger partial charge on any atom is 0.261 e. The summed E-state index contributed by atoms with van der Waals surface area (Å²) in [5.41, 5.74) is 1.58. The third-order valence-corrected chi connectivity index (χ3v) is 2.45. The lowest BCUT2D eigenvalue weighted by atomic mass is 10.1. The molecule has 1 amide bonds. The standard InChI is InChI=1S/C12H12N2O/c1-3-13-9-14(4-2)12(15)10-7-5-6-8-11(10)13/h3-8H,1-2,9H2. The van der Waals surface area contributed by atoms with Crippen LogP contribution in [0.1, 0.15) is 10.4 Å². The van der Waals surface area contributed by atoms with Crippen LogP contribution in [0.3, 0.4) is 0 Å². The second-order valence-corrected chi connectivity index (χ2v) is 3.27. The third-order valence-electron chi connectivity index (χ3n) is 2.45. The van der Waals surface area contributed by atoms with E-state index in [1.54, 1.807) is 11.1 Å². The highest BCUT2D eigenvalue weighted by Crippen LogP contribution is 2.26. The second kappa shape index (κ2) is 3.61. The van der Waals surface area contributed by atoms with E-state index >= 15 is 0 Å². The fourth-order valence-electron chi connectivity index (χ4n) is 1.66. The van der Waals surface area contributed by atoms with E-state index in [0.29, 0.717) is 12.2 Å². The summed E-state index contributed by atoms with van der Waals surface area (Å²) in [6.45, 7) is 7.83. The van der Waals surface area contributed by atoms with Gasteiger partial charge in [-0.3, -0.25) is 9.69 Å². The first-order valence-electron chi connectivity index (χ1n) is 4.69. The van der Waals surface area contributed by atoms with Crippen molar-refractivity contribution >= 4 is 11.6 Å². The number of amides is 1. The third kappa shape index (κ3) is 1.42. The van der Waals surface area contributed by atoms with Gasteiger partial charge in [-0.25, -0.2) is 0 Å². The molecule has 0 aliphatic carbocycles. The zero-order valence-electron chi connectivity index (χ0n) is 8.39. The van der Waals surface area contributed by atoms with Gasteiger partial charge in [-0.1, -0.05) is 25.3 Å². The van der Waals surface area contributed by atoms with Crippen molar-refractivity contribution in [1.82, 2.24) is 4.90 Å². The van der Waals surface area contributed by atoms with E-state index in [1.165, 1.54) is 6.20 Å². The maximum atomic E-state index is 11.9. The number of anilines is 1. The van der Waals surface area contributed by atoms with Crippen molar-refractivity contribution in [2.45, 2.75) is 0 Å². The topological polar surface area (TPSA) is 23.6 Å².